The number of halogens is 2. The van der Waals surface area contributed by atoms with Crippen molar-refractivity contribution < 1.29 is 18.7 Å². The van der Waals surface area contributed by atoms with E-state index in [1.807, 2.05) is 24.3 Å². The van der Waals surface area contributed by atoms with Gasteiger partial charge >= 0.3 is 5.97 Å². The summed E-state index contributed by atoms with van der Waals surface area (Å²) in [5, 5.41) is 0.970. The Morgan fingerprint density at radius 3 is 2.68 bits per heavy atom. The molecule has 1 heterocycles. The highest BCUT2D eigenvalue weighted by Gasteiger charge is 2.28. The van der Waals surface area contributed by atoms with E-state index in [-0.39, 0.29) is 12.5 Å². The fraction of sp³-hybridized carbons (Fsp3) is 0.208. The molecule has 0 saturated carbocycles. The molecule has 0 spiro atoms. The zero-order valence-corrected chi connectivity index (χ0v) is 17.9. The van der Waals surface area contributed by atoms with Gasteiger partial charge in [-0.25, -0.2) is 14.2 Å². The Bertz CT molecular complexity index is 1220. The van der Waals surface area contributed by atoms with Gasteiger partial charge in [-0.3, -0.25) is 4.79 Å². The van der Waals surface area contributed by atoms with Crippen molar-refractivity contribution in [3.63, 3.8) is 0 Å². The third kappa shape index (κ3) is 4.03. The van der Waals surface area contributed by atoms with Crippen LogP contribution in [0.15, 0.2) is 42.5 Å². The van der Waals surface area contributed by atoms with Gasteiger partial charge in [0.2, 0.25) is 0 Å². The fourth-order valence-corrected chi connectivity index (χ4v) is 3.88. The minimum Gasteiger partial charge on any atom is -0.452 e. The van der Waals surface area contributed by atoms with Gasteiger partial charge in [0.25, 0.3) is 5.91 Å². The summed E-state index contributed by atoms with van der Waals surface area (Å²) >= 11 is 6.19. The number of carbonyl (C=O) groups excluding carboxylic acids is 2. The number of hydrogen-bond acceptors (Lipinski definition) is 4. The number of amides is 1. The summed E-state index contributed by atoms with van der Waals surface area (Å²) in [5.41, 5.74) is 3.48. The van der Waals surface area contributed by atoms with Crippen molar-refractivity contribution in [3.8, 4) is 0 Å². The molecular weight excluding hydrogens is 419 g/mol. The second kappa shape index (κ2) is 8.47. The van der Waals surface area contributed by atoms with Crippen LogP contribution in [0.3, 0.4) is 0 Å². The molecule has 0 fully saturated rings. The molecule has 158 valence electrons. The lowest BCUT2D eigenvalue weighted by Gasteiger charge is -2.14. The summed E-state index contributed by atoms with van der Waals surface area (Å²) in [4.78, 5) is 31.0. The van der Waals surface area contributed by atoms with E-state index in [4.69, 9.17) is 21.3 Å². The van der Waals surface area contributed by atoms with Crippen molar-refractivity contribution in [3.05, 3.63) is 75.7 Å². The van der Waals surface area contributed by atoms with Crippen molar-refractivity contribution >= 4 is 46.0 Å². The number of hydrogen-bond donors (Lipinski definition) is 0. The molecule has 0 atom stereocenters. The summed E-state index contributed by atoms with van der Waals surface area (Å²) in [5.74, 6) is -1.30. The van der Waals surface area contributed by atoms with Gasteiger partial charge in [-0.15, -0.1) is 0 Å². The normalized spacial score (nSPS) is 14.0. The molecule has 2 aromatic carbocycles. The highest BCUT2D eigenvalue weighted by Crippen LogP contribution is 2.38. The first-order valence-corrected chi connectivity index (χ1v) is 10.2. The molecule has 0 N–H and O–H groups in total. The molecule has 1 amide bonds. The van der Waals surface area contributed by atoms with Crippen LogP contribution in [-0.2, 0) is 16.0 Å². The standard InChI is InChI=1S/C24H20ClFN2O3/c1-28(2)21(29)13-31-24(30)22-15-6-3-4-9-20(15)27-23-14(10-11-16(22)23)12-17-18(25)7-5-8-19(17)26/h3-9,12H,10-11,13H2,1-2H3. The Kier molecular flexibility index (Phi) is 5.74. The first kappa shape index (κ1) is 21.0. The summed E-state index contributed by atoms with van der Waals surface area (Å²) in [6.45, 7) is -0.342. The molecule has 1 aliphatic rings. The van der Waals surface area contributed by atoms with E-state index in [9.17, 15) is 14.0 Å². The number of carbonyl (C=O) groups is 2. The number of esters is 1. The van der Waals surface area contributed by atoms with Gasteiger partial charge in [-0.05, 0) is 48.3 Å². The van der Waals surface area contributed by atoms with Crippen molar-refractivity contribution in [2.24, 2.45) is 0 Å². The number of allylic oxidation sites excluding steroid dienone is 1. The number of fused-ring (bicyclic) bond motifs is 2. The van der Waals surface area contributed by atoms with Crippen LogP contribution in [-0.4, -0.2) is 42.5 Å². The van der Waals surface area contributed by atoms with E-state index in [0.29, 0.717) is 45.6 Å². The lowest BCUT2D eigenvalue weighted by Crippen LogP contribution is -2.27. The SMILES string of the molecule is CN(C)C(=O)COC(=O)c1c2c(nc3ccccc13)C(=Cc1c(F)cccc1Cl)CC2. The molecule has 31 heavy (non-hydrogen) atoms. The van der Waals surface area contributed by atoms with Crippen LogP contribution in [0.4, 0.5) is 4.39 Å². The number of likely N-dealkylation sites (N-methyl/N-ethyl adjacent to an activating group) is 1. The average Bonchev–Trinajstić information content (AvgIpc) is 3.14. The number of ether oxygens (including phenoxy) is 1. The number of rotatable bonds is 4. The molecule has 4 rings (SSSR count). The molecule has 5 nitrogen and oxygen atoms in total. The van der Waals surface area contributed by atoms with Crippen molar-refractivity contribution in [2.45, 2.75) is 12.8 Å². The number of pyridine rings is 1. The molecule has 1 aliphatic carbocycles. The molecule has 1 aromatic heterocycles. The lowest BCUT2D eigenvalue weighted by molar-refractivity contribution is -0.131. The highest BCUT2D eigenvalue weighted by molar-refractivity contribution is 6.32. The summed E-state index contributed by atoms with van der Waals surface area (Å²) in [6.07, 6.45) is 2.83. The molecule has 0 radical (unpaired) electrons. The van der Waals surface area contributed by atoms with E-state index in [0.717, 1.165) is 11.1 Å². The van der Waals surface area contributed by atoms with Gasteiger partial charge in [0, 0.05) is 25.0 Å². The summed E-state index contributed by atoms with van der Waals surface area (Å²) in [7, 11) is 3.20. The van der Waals surface area contributed by atoms with Gasteiger partial charge < -0.3 is 9.64 Å². The topological polar surface area (TPSA) is 59.5 Å². The Hall–Kier alpha value is -3.25. The number of nitrogens with zero attached hydrogens (tertiary/aromatic N) is 2. The van der Waals surface area contributed by atoms with Gasteiger partial charge in [-0.2, -0.15) is 0 Å². The second-order valence-electron chi connectivity index (χ2n) is 7.50. The van der Waals surface area contributed by atoms with Crippen LogP contribution >= 0.6 is 11.6 Å². The maximum atomic E-state index is 14.3. The van der Waals surface area contributed by atoms with Crippen LogP contribution in [0.5, 0.6) is 0 Å². The van der Waals surface area contributed by atoms with E-state index in [2.05, 4.69) is 0 Å². The largest absolute Gasteiger partial charge is 0.452 e. The highest BCUT2D eigenvalue weighted by atomic mass is 35.5. The number of benzene rings is 2. The zero-order chi connectivity index (χ0) is 22.1. The molecule has 0 unspecified atom stereocenters. The van der Waals surface area contributed by atoms with Crippen LogP contribution < -0.4 is 0 Å². The summed E-state index contributed by atoms with van der Waals surface area (Å²) in [6, 6.07) is 11.8. The first-order valence-electron chi connectivity index (χ1n) is 9.80. The Balaban J connectivity index is 1.81. The van der Waals surface area contributed by atoms with Crippen molar-refractivity contribution in [1.29, 1.82) is 0 Å². The first-order chi connectivity index (χ1) is 14.9. The maximum absolute atomic E-state index is 14.3. The molecular formula is C24H20ClFN2O3. The number of aromatic nitrogens is 1. The minimum absolute atomic E-state index is 0.294. The van der Waals surface area contributed by atoms with E-state index >= 15 is 0 Å². The van der Waals surface area contributed by atoms with Gasteiger partial charge in [0.05, 0.1) is 21.8 Å². The summed E-state index contributed by atoms with van der Waals surface area (Å²) < 4.78 is 19.6. The molecule has 0 saturated heterocycles. The zero-order valence-electron chi connectivity index (χ0n) is 17.1. The molecule has 0 bridgehead atoms. The quantitative estimate of drug-likeness (QED) is 0.551. The van der Waals surface area contributed by atoms with Crippen LogP contribution in [0.2, 0.25) is 5.02 Å². The average molecular weight is 439 g/mol. The number of para-hydroxylation sites is 1. The Morgan fingerprint density at radius 1 is 1.16 bits per heavy atom. The van der Waals surface area contributed by atoms with Crippen LogP contribution in [0, 0.1) is 5.82 Å². The second-order valence-corrected chi connectivity index (χ2v) is 7.91. The maximum Gasteiger partial charge on any atom is 0.339 e. The third-order valence-corrected chi connectivity index (χ3v) is 5.62. The molecule has 0 aliphatic heterocycles. The minimum atomic E-state index is -0.574. The predicted octanol–water partition coefficient (Wildman–Crippen LogP) is 4.76. The van der Waals surface area contributed by atoms with E-state index in [1.54, 1.807) is 32.3 Å². The fourth-order valence-electron chi connectivity index (χ4n) is 3.66. The third-order valence-electron chi connectivity index (χ3n) is 5.29. The Morgan fingerprint density at radius 2 is 1.94 bits per heavy atom. The van der Waals surface area contributed by atoms with Crippen molar-refractivity contribution in [2.75, 3.05) is 20.7 Å². The lowest BCUT2D eigenvalue weighted by atomic mass is 10.0. The monoisotopic (exact) mass is 438 g/mol. The van der Waals surface area contributed by atoms with Crippen LogP contribution in [0.1, 0.15) is 33.6 Å². The van der Waals surface area contributed by atoms with E-state index < -0.39 is 11.8 Å². The predicted molar refractivity (Wildman–Crippen MR) is 118 cm³/mol. The van der Waals surface area contributed by atoms with Gasteiger partial charge in [0.1, 0.15) is 5.82 Å². The van der Waals surface area contributed by atoms with Crippen LogP contribution in [0.25, 0.3) is 22.6 Å². The molecule has 7 heteroatoms. The van der Waals surface area contributed by atoms with Gasteiger partial charge in [-0.1, -0.05) is 35.9 Å². The van der Waals surface area contributed by atoms with Crippen molar-refractivity contribution in [1.82, 2.24) is 9.88 Å². The van der Waals surface area contributed by atoms with Gasteiger partial charge in [0.15, 0.2) is 6.61 Å². The van der Waals surface area contributed by atoms with E-state index in [1.165, 1.54) is 11.0 Å². The molecule has 3 aromatic rings. The Labute approximate surface area is 184 Å². The smallest absolute Gasteiger partial charge is 0.339 e.